The van der Waals surface area contributed by atoms with Crippen LogP contribution < -0.4 is 0 Å². The highest BCUT2D eigenvalue weighted by Gasteiger charge is 2.05. The van der Waals surface area contributed by atoms with Gasteiger partial charge in [0.05, 0.1) is 0 Å². The highest BCUT2D eigenvalue weighted by Crippen LogP contribution is 2.19. The molecule has 0 aliphatic rings. The van der Waals surface area contributed by atoms with Gasteiger partial charge < -0.3 is 4.42 Å². The lowest BCUT2D eigenvalue weighted by Crippen LogP contribution is -1.80. The molecule has 0 saturated heterocycles. The molecule has 1 heterocycles. The predicted molar refractivity (Wildman–Crippen MR) is 52.6 cm³/mol. The highest BCUT2D eigenvalue weighted by molar-refractivity contribution is 5.76. The second-order valence-electron chi connectivity index (χ2n) is 2.99. The van der Waals surface area contributed by atoms with E-state index < -0.39 is 0 Å². The number of hydrogen-bond donors (Lipinski definition) is 0. The Morgan fingerprint density at radius 2 is 2.38 bits per heavy atom. The molecule has 13 heavy (non-hydrogen) atoms. The van der Waals surface area contributed by atoms with Crippen molar-refractivity contribution in [1.82, 2.24) is 4.98 Å². The monoisotopic (exact) mass is 173 g/mol. The zero-order valence-corrected chi connectivity index (χ0v) is 7.58. The standard InChI is InChI=1S/C11H11NO/c1-3-5-9-6-4-7-10-11(9)13-8(2)12-10/h3-4,6-7H,1,5H2,2H3. The van der Waals surface area contributed by atoms with Crippen LogP contribution in [0.4, 0.5) is 0 Å². The highest BCUT2D eigenvalue weighted by atomic mass is 16.3. The Kier molecular flexibility index (Phi) is 1.89. The lowest BCUT2D eigenvalue weighted by atomic mass is 10.1. The molecule has 66 valence electrons. The van der Waals surface area contributed by atoms with Gasteiger partial charge in [0.1, 0.15) is 5.52 Å². The summed E-state index contributed by atoms with van der Waals surface area (Å²) in [5.41, 5.74) is 2.96. The Labute approximate surface area is 76.9 Å². The van der Waals surface area contributed by atoms with Crippen molar-refractivity contribution in [3.63, 3.8) is 0 Å². The Morgan fingerprint density at radius 1 is 1.54 bits per heavy atom. The molecule has 0 bridgehead atoms. The number of benzene rings is 1. The minimum absolute atomic E-state index is 0.714. The molecule has 2 nitrogen and oxygen atoms in total. The molecular formula is C11H11NO. The minimum atomic E-state index is 0.714. The molecule has 0 fully saturated rings. The third kappa shape index (κ3) is 1.35. The molecule has 2 heteroatoms. The first-order valence-electron chi connectivity index (χ1n) is 4.27. The topological polar surface area (TPSA) is 26.0 Å². The predicted octanol–water partition coefficient (Wildman–Crippen LogP) is 2.86. The average Bonchev–Trinajstić information content (AvgIpc) is 2.47. The Bertz CT molecular complexity index is 442. The van der Waals surface area contributed by atoms with Crippen molar-refractivity contribution >= 4 is 11.1 Å². The van der Waals surface area contributed by atoms with Crippen LogP contribution in [0.1, 0.15) is 11.5 Å². The third-order valence-corrected chi connectivity index (χ3v) is 1.97. The minimum Gasteiger partial charge on any atom is -0.441 e. The van der Waals surface area contributed by atoms with E-state index in [2.05, 4.69) is 11.6 Å². The maximum absolute atomic E-state index is 5.49. The molecule has 0 spiro atoms. The zero-order chi connectivity index (χ0) is 9.26. The first-order chi connectivity index (χ1) is 6.31. The van der Waals surface area contributed by atoms with Gasteiger partial charge in [0.2, 0.25) is 0 Å². The number of hydrogen-bond acceptors (Lipinski definition) is 2. The summed E-state index contributed by atoms with van der Waals surface area (Å²) >= 11 is 0. The lowest BCUT2D eigenvalue weighted by molar-refractivity contribution is 0.558. The fraction of sp³-hybridized carbons (Fsp3) is 0.182. The van der Waals surface area contributed by atoms with Gasteiger partial charge in [-0.05, 0) is 12.5 Å². The van der Waals surface area contributed by atoms with Crippen LogP contribution in [-0.2, 0) is 6.42 Å². The number of fused-ring (bicyclic) bond motifs is 1. The van der Waals surface area contributed by atoms with Crippen LogP contribution in [0.3, 0.4) is 0 Å². The number of oxazole rings is 1. The second kappa shape index (κ2) is 3.05. The van der Waals surface area contributed by atoms with E-state index in [0.29, 0.717) is 5.89 Å². The fourth-order valence-corrected chi connectivity index (χ4v) is 1.43. The van der Waals surface area contributed by atoms with Crippen LogP contribution in [0.25, 0.3) is 11.1 Å². The summed E-state index contributed by atoms with van der Waals surface area (Å²) in [6, 6.07) is 5.98. The summed E-state index contributed by atoms with van der Waals surface area (Å²) in [5, 5.41) is 0. The van der Waals surface area contributed by atoms with Crippen molar-refractivity contribution < 1.29 is 4.42 Å². The average molecular weight is 173 g/mol. The third-order valence-electron chi connectivity index (χ3n) is 1.97. The van der Waals surface area contributed by atoms with Gasteiger partial charge >= 0.3 is 0 Å². The number of aromatic nitrogens is 1. The summed E-state index contributed by atoms with van der Waals surface area (Å²) in [4.78, 5) is 4.26. The summed E-state index contributed by atoms with van der Waals surface area (Å²) in [6.07, 6.45) is 2.69. The first kappa shape index (κ1) is 8.05. The van der Waals surface area contributed by atoms with Crippen LogP contribution >= 0.6 is 0 Å². The number of allylic oxidation sites excluding steroid dienone is 1. The molecule has 0 radical (unpaired) electrons. The molecule has 0 aliphatic heterocycles. The summed E-state index contributed by atoms with van der Waals surface area (Å²) < 4.78 is 5.49. The summed E-state index contributed by atoms with van der Waals surface area (Å²) in [6.45, 7) is 5.57. The Balaban J connectivity index is 2.67. The van der Waals surface area contributed by atoms with Gasteiger partial charge in [0.15, 0.2) is 11.5 Å². The van der Waals surface area contributed by atoms with E-state index >= 15 is 0 Å². The summed E-state index contributed by atoms with van der Waals surface area (Å²) in [7, 11) is 0. The van der Waals surface area contributed by atoms with Crippen molar-refractivity contribution in [2.24, 2.45) is 0 Å². The van der Waals surface area contributed by atoms with Crippen LogP contribution in [0.15, 0.2) is 35.3 Å². The quantitative estimate of drug-likeness (QED) is 0.652. The van der Waals surface area contributed by atoms with E-state index in [-0.39, 0.29) is 0 Å². The van der Waals surface area contributed by atoms with Crippen molar-refractivity contribution in [3.8, 4) is 0 Å². The molecule has 1 aromatic carbocycles. The fourth-order valence-electron chi connectivity index (χ4n) is 1.43. The SMILES string of the molecule is C=CCc1cccc2nc(C)oc12. The van der Waals surface area contributed by atoms with Gasteiger partial charge in [-0.15, -0.1) is 6.58 Å². The van der Waals surface area contributed by atoms with E-state index in [1.807, 2.05) is 31.2 Å². The van der Waals surface area contributed by atoms with Gasteiger partial charge in [0, 0.05) is 12.5 Å². The normalized spacial score (nSPS) is 10.5. The Hall–Kier alpha value is -1.57. The number of para-hydroxylation sites is 1. The van der Waals surface area contributed by atoms with Crippen LogP contribution in [0, 0.1) is 6.92 Å². The molecular weight excluding hydrogens is 162 g/mol. The lowest BCUT2D eigenvalue weighted by Gasteiger charge is -1.95. The molecule has 2 rings (SSSR count). The van der Waals surface area contributed by atoms with E-state index in [1.54, 1.807) is 0 Å². The van der Waals surface area contributed by atoms with Crippen molar-refractivity contribution in [2.45, 2.75) is 13.3 Å². The molecule has 0 aliphatic carbocycles. The van der Waals surface area contributed by atoms with E-state index in [0.717, 1.165) is 23.1 Å². The zero-order valence-electron chi connectivity index (χ0n) is 7.58. The number of aryl methyl sites for hydroxylation is 1. The maximum Gasteiger partial charge on any atom is 0.192 e. The van der Waals surface area contributed by atoms with Gasteiger partial charge in [-0.2, -0.15) is 0 Å². The molecule has 0 atom stereocenters. The number of nitrogens with zero attached hydrogens (tertiary/aromatic N) is 1. The largest absolute Gasteiger partial charge is 0.441 e. The summed E-state index contributed by atoms with van der Waals surface area (Å²) in [5.74, 6) is 0.714. The van der Waals surface area contributed by atoms with Gasteiger partial charge in [-0.25, -0.2) is 4.98 Å². The molecule has 0 unspecified atom stereocenters. The first-order valence-corrected chi connectivity index (χ1v) is 4.27. The second-order valence-corrected chi connectivity index (χ2v) is 2.99. The van der Waals surface area contributed by atoms with Gasteiger partial charge in [0.25, 0.3) is 0 Å². The molecule has 0 amide bonds. The Morgan fingerprint density at radius 3 is 3.15 bits per heavy atom. The molecule has 2 aromatic rings. The van der Waals surface area contributed by atoms with E-state index in [1.165, 1.54) is 0 Å². The van der Waals surface area contributed by atoms with E-state index in [4.69, 9.17) is 4.42 Å². The maximum atomic E-state index is 5.49. The molecule has 1 aromatic heterocycles. The van der Waals surface area contributed by atoms with Gasteiger partial charge in [-0.1, -0.05) is 18.2 Å². The molecule has 0 N–H and O–H groups in total. The smallest absolute Gasteiger partial charge is 0.192 e. The van der Waals surface area contributed by atoms with Crippen LogP contribution in [-0.4, -0.2) is 4.98 Å². The van der Waals surface area contributed by atoms with Crippen LogP contribution in [0.5, 0.6) is 0 Å². The van der Waals surface area contributed by atoms with Crippen molar-refractivity contribution in [2.75, 3.05) is 0 Å². The molecule has 0 saturated carbocycles. The van der Waals surface area contributed by atoms with Crippen LogP contribution in [0.2, 0.25) is 0 Å². The van der Waals surface area contributed by atoms with Gasteiger partial charge in [-0.3, -0.25) is 0 Å². The number of rotatable bonds is 2. The van der Waals surface area contributed by atoms with E-state index in [9.17, 15) is 0 Å². The van der Waals surface area contributed by atoms with Crippen molar-refractivity contribution in [1.29, 1.82) is 0 Å². The van der Waals surface area contributed by atoms with Crippen molar-refractivity contribution in [3.05, 3.63) is 42.3 Å².